The van der Waals surface area contributed by atoms with Crippen LogP contribution in [-0.4, -0.2) is 37.0 Å². The van der Waals surface area contributed by atoms with Crippen LogP contribution in [-0.2, 0) is 0 Å². The van der Waals surface area contributed by atoms with Crippen LogP contribution in [0.15, 0.2) is 16.7 Å². The topological polar surface area (TPSA) is 45.5 Å². The number of carbonyl (C=O) groups excluding carboxylic acids is 1. The van der Waals surface area contributed by atoms with Crippen LogP contribution >= 0.6 is 0 Å². The summed E-state index contributed by atoms with van der Waals surface area (Å²) in [6.07, 6.45) is 3.89. The maximum atomic E-state index is 12.3. The lowest BCUT2D eigenvalue weighted by Crippen LogP contribution is -2.39. The molecule has 0 aliphatic carbocycles. The van der Waals surface area contributed by atoms with Gasteiger partial charge in [-0.25, -0.2) is 0 Å². The molecule has 1 aliphatic heterocycles. The van der Waals surface area contributed by atoms with Crippen molar-refractivity contribution < 1.29 is 9.21 Å². The minimum Gasteiger partial charge on any atom is -0.459 e. The monoisotopic (exact) mass is 250 g/mol. The number of nitrogens with zero attached hydrogens (tertiary/aromatic N) is 1. The van der Waals surface area contributed by atoms with Crippen molar-refractivity contribution in [2.24, 2.45) is 5.92 Å². The van der Waals surface area contributed by atoms with Gasteiger partial charge in [0.15, 0.2) is 5.76 Å². The Balaban J connectivity index is 1.99. The third-order valence-corrected chi connectivity index (χ3v) is 3.66. The van der Waals surface area contributed by atoms with Crippen LogP contribution < -0.4 is 5.32 Å². The van der Waals surface area contributed by atoms with E-state index in [1.165, 1.54) is 0 Å². The second kappa shape index (κ2) is 6.05. The summed E-state index contributed by atoms with van der Waals surface area (Å²) in [7, 11) is 0. The number of hydrogen-bond donors (Lipinski definition) is 1. The number of furan rings is 1. The summed E-state index contributed by atoms with van der Waals surface area (Å²) in [4.78, 5) is 14.3. The Hall–Kier alpha value is -1.29. The van der Waals surface area contributed by atoms with E-state index in [-0.39, 0.29) is 5.91 Å². The van der Waals surface area contributed by atoms with Crippen LogP contribution in [0.1, 0.15) is 35.9 Å². The lowest BCUT2D eigenvalue weighted by Gasteiger charge is -2.29. The van der Waals surface area contributed by atoms with Crippen molar-refractivity contribution >= 4 is 5.91 Å². The third-order valence-electron chi connectivity index (χ3n) is 3.66. The molecule has 0 bridgehead atoms. The highest BCUT2D eigenvalue weighted by molar-refractivity contribution is 5.92. The van der Waals surface area contributed by atoms with Crippen molar-refractivity contribution in [2.75, 3.05) is 26.2 Å². The van der Waals surface area contributed by atoms with Crippen LogP contribution in [0.2, 0.25) is 0 Å². The van der Waals surface area contributed by atoms with Crippen LogP contribution in [0, 0.1) is 12.8 Å². The van der Waals surface area contributed by atoms with Gasteiger partial charge in [-0.05, 0) is 51.8 Å². The molecule has 1 saturated heterocycles. The Kier molecular flexibility index (Phi) is 4.42. The fourth-order valence-corrected chi connectivity index (χ4v) is 2.47. The molecule has 4 heteroatoms. The predicted octanol–water partition coefficient (Wildman–Crippen LogP) is 2.05. The second-order valence-electron chi connectivity index (χ2n) is 4.97. The largest absolute Gasteiger partial charge is 0.459 e. The summed E-state index contributed by atoms with van der Waals surface area (Å²) >= 11 is 0. The zero-order valence-electron chi connectivity index (χ0n) is 11.2. The van der Waals surface area contributed by atoms with Gasteiger partial charge in [-0.3, -0.25) is 4.79 Å². The van der Waals surface area contributed by atoms with Crippen LogP contribution in [0.5, 0.6) is 0 Å². The molecular weight excluding hydrogens is 228 g/mol. The minimum atomic E-state index is 0.0264. The maximum Gasteiger partial charge on any atom is 0.289 e. The van der Waals surface area contributed by atoms with Gasteiger partial charge in [0.25, 0.3) is 5.91 Å². The number of aryl methyl sites for hydroxylation is 1. The van der Waals surface area contributed by atoms with Crippen molar-refractivity contribution in [2.45, 2.75) is 26.7 Å². The number of nitrogens with one attached hydrogen (secondary N) is 1. The van der Waals surface area contributed by atoms with E-state index in [2.05, 4.69) is 5.32 Å². The Morgan fingerprint density at radius 1 is 1.50 bits per heavy atom. The summed E-state index contributed by atoms with van der Waals surface area (Å²) in [6.45, 7) is 7.65. The molecule has 0 aromatic carbocycles. The van der Waals surface area contributed by atoms with E-state index in [4.69, 9.17) is 4.42 Å². The molecule has 0 atom stereocenters. The molecule has 1 aliphatic rings. The molecule has 1 aromatic heterocycles. The molecule has 100 valence electrons. The van der Waals surface area contributed by atoms with Gasteiger partial charge in [-0.1, -0.05) is 0 Å². The third kappa shape index (κ3) is 2.93. The summed E-state index contributed by atoms with van der Waals surface area (Å²) < 4.78 is 5.29. The van der Waals surface area contributed by atoms with Crippen LogP contribution in [0.4, 0.5) is 0 Å². The van der Waals surface area contributed by atoms with Gasteiger partial charge in [-0.15, -0.1) is 0 Å². The van der Waals surface area contributed by atoms with Gasteiger partial charge in [0.05, 0.1) is 6.26 Å². The van der Waals surface area contributed by atoms with Gasteiger partial charge < -0.3 is 14.6 Å². The molecule has 0 saturated carbocycles. The molecule has 2 heterocycles. The van der Waals surface area contributed by atoms with E-state index >= 15 is 0 Å². The average molecular weight is 250 g/mol. The Bertz CT molecular complexity index is 394. The lowest BCUT2D eigenvalue weighted by molar-refractivity contribution is 0.0694. The van der Waals surface area contributed by atoms with Gasteiger partial charge in [0.1, 0.15) is 0 Å². The smallest absolute Gasteiger partial charge is 0.289 e. The lowest BCUT2D eigenvalue weighted by atomic mass is 9.97. The van der Waals surface area contributed by atoms with E-state index in [1.54, 1.807) is 6.26 Å². The van der Waals surface area contributed by atoms with Crippen molar-refractivity contribution in [1.82, 2.24) is 10.2 Å². The second-order valence-corrected chi connectivity index (χ2v) is 4.97. The van der Waals surface area contributed by atoms with E-state index in [0.29, 0.717) is 11.7 Å². The highest BCUT2D eigenvalue weighted by Crippen LogP contribution is 2.17. The number of amides is 1. The fraction of sp³-hybridized carbons (Fsp3) is 0.643. The minimum absolute atomic E-state index is 0.0264. The molecule has 1 N–H and O–H groups in total. The molecule has 18 heavy (non-hydrogen) atoms. The SMILES string of the molecule is CCN(CC1CCNCC1)C(=O)c1occc1C. The van der Waals surface area contributed by atoms with Crippen LogP contribution in [0.25, 0.3) is 0 Å². The van der Waals surface area contributed by atoms with E-state index in [0.717, 1.165) is 44.6 Å². The number of hydrogen-bond acceptors (Lipinski definition) is 3. The van der Waals surface area contributed by atoms with Crippen LogP contribution in [0.3, 0.4) is 0 Å². The first-order valence-corrected chi connectivity index (χ1v) is 6.76. The normalized spacial score (nSPS) is 16.8. The summed E-state index contributed by atoms with van der Waals surface area (Å²) in [5.41, 5.74) is 0.920. The highest BCUT2D eigenvalue weighted by Gasteiger charge is 2.23. The molecule has 1 aromatic rings. The molecular formula is C14H22N2O2. The average Bonchev–Trinajstić information content (AvgIpc) is 2.82. The maximum absolute atomic E-state index is 12.3. The first-order valence-electron chi connectivity index (χ1n) is 6.76. The quantitative estimate of drug-likeness (QED) is 0.889. The van der Waals surface area contributed by atoms with E-state index in [1.807, 2.05) is 24.8 Å². The first-order chi connectivity index (χ1) is 8.72. The van der Waals surface area contributed by atoms with E-state index in [9.17, 15) is 4.79 Å². The molecule has 1 fully saturated rings. The fourth-order valence-electron chi connectivity index (χ4n) is 2.47. The molecule has 0 unspecified atom stereocenters. The highest BCUT2D eigenvalue weighted by atomic mass is 16.3. The van der Waals surface area contributed by atoms with Gasteiger partial charge >= 0.3 is 0 Å². The molecule has 2 rings (SSSR count). The predicted molar refractivity (Wildman–Crippen MR) is 70.6 cm³/mol. The number of piperidine rings is 1. The van der Waals surface area contributed by atoms with E-state index < -0.39 is 0 Å². The zero-order valence-corrected chi connectivity index (χ0v) is 11.2. The van der Waals surface area contributed by atoms with Crippen molar-refractivity contribution in [3.8, 4) is 0 Å². The van der Waals surface area contributed by atoms with Gasteiger partial charge in [0, 0.05) is 18.7 Å². The zero-order chi connectivity index (χ0) is 13.0. The number of carbonyl (C=O) groups is 1. The van der Waals surface area contributed by atoms with Crippen molar-refractivity contribution in [3.05, 3.63) is 23.7 Å². The standard InChI is InChI=1S/C14H22N2O2/c1-3-16(10-12-4-7-15-8-5-12)14(17)13-11(2)6-9-18-13/h6,9,12,15H,3-5,7-8,10H2,1-2H3. The Labute approximate surface area is 108 Å². The Morgan fingerprint density at radius 3 is 2.78 bits per heavy atom. The number of rotatable bonds is 4. The Morgan fingerprint density at radius 2 is 2.22 bits per heavy atom. The van der Waals surface area contributed by atoms with Gasteiger partial charge in [-0.2, -0.15) is 0 Å². The molecule has 1 amide bonds. The first kappa shape index (κ1) is 13.1. The summed E-state index contributed by atoms with van der Waals surface area (Å²) in [5, 5.41) is 3.35. The summed E-state index contributed by atoms with van der Waals surface area (Å²) in [5.74, 6) is 1.13. The summed E-state index contributed by atoms with van der Waals surface area (Å²) in [6, 6.07) is 1.84. The van der Waals surface area contributed by atoms with Crippen molar-refractivity contribution in [1.29, 1.82) is 0 Å². The molecule has 4 nitrogen and oxygen atoms in total. The van der Waals surface area contributed by atoms with Gasteiger partial charge in [0.2, 0.25) is 0 Å². The van der Waals surface area contributed by atoms with Crippen molar-refractivity contribution in [3.63, 3.8) is 0 Å². The molecule has 0 spiro atoms. The molecule has 0 radical (unpaired) electrons.